The molecule has 1 aliphatic rings. The van der Waals surface area contributed by atoms with Crippen molar-refractivity contribution < 1.29 is 14.6 Å². The molecule has 3 heterocycles. The minimum absolute atomic E-state index is 0.0219. The Hall–Kier alpha value is -3.97. The summed E-state index contributed by atoms with van der Waals surface area (Å²) in [4.78, 5) is 26.8. The number of esters is 1. The molecule has 7 heteroatoms. The summed E-state index contributed by atoms with van der Waals surface area (Å²) >= 11 is 0. The van der Waals surface area contributed by atoms with Gasteiger partial charge >= 0.3 is 5.97 Å². The molecule has 0 radical (unpaired) electrons. The number of ether oxygens (including phenoxy) is 1. The molecule has 2 N–H and O–H groups in total. The summed E-state index contributed by atoms with van der Waals surface area (Å²) in [5.41, 5.74) is 4.94. The van der Waals surface area contributed by atoms with Gasteiger partial charge in [0.25, 0.3) is 0 Å². The van der Waals surface area contributed by atoms with E-state index in [0.717, 1.165) is 30.9 Å². The number of nitrogens with one attached hydrogen (secondary N) is 1. The highest BCUT2D eigenvalue weighted by Crippen LogP contribution is 2.32. The van der Waals surface area contributed by atoms with Gasteiger partial charge in [0, 0.05) is 35.4 Å². The highest BCUT2D eigenvalue weighted by Gasteiger charge is 2.20. The largest absolute Gasteiger partial charge is 0.494 e. The SMILES string of the molecule is COC(=O)c1ccc2[nH]c(O)c(C(=Nc3ccc(CN4CCCCC4)cc3)c3cccnc3)c2c1. The van der Waals surface area contributed by atoms with Crippen LogP contribution in [0.3, 0.4) is 0 Å². The molecule has 35 heavy (non-hydrogen) atoms. The van der Waals surface area contributed by atoms with Crippen LogP contribution in [0.25, 0.3) is 10.9 Å². The first-order valence-electron chi connectivity index (χ1n) is 11.9. The van der Waals surface area contributed by atoms with E-state index in [9.17, 15) is 9.90 Å². The molecule has 0 saturated carbocycles. The first-order valence-corrected chi connectivity index (χ1v) is 11.9. The number of aromatic hydroxyl groups is 1. The van der Waals surface area contributed by atoms with Crippen LogP contribution in [0.15, 0.2) is 72.0 Å². The van der Waals surface area contributed by atoms with Crippen molar-refractivity contribution in [3.05, 3.63) is 89.2 Å². The first-order chi connectivity index (χ1) is 17.1. The zero-order chi connectivity index (χ0) is 24.2. The highest BCUT2D eigenvalue weighted by atomic mass is 16.5. The lowest BCUT2D eigenvalue weighted by Gasteiger charge is -2.26. The maximum atomic E-state index is 12.1. The lowest BCUT2D eigenvalue weighted by Crippen LogP contribution is -2.28. The Morgan fingerprint density at radius 3 is 2.60 bits per heavy atom. The third-order valence-corrected chi connectivity index (χ3v) is 6.40. The molecule has 0 aliphatic carbocycles. The van der Waals surface area contributed by atoms with Crippen LogP contribution in [-0.2, 0) is 11.3 Å². The van der Waals surface area contributed by atoms with Crippen LogP contribution in [0.2, 0.25) is 0 Å². The number of H-pyrrole nitrogens is 1. The molecule has 1 aliphatic heterocycles. The number of pyridine rings is 1. The quantitative estimate of drug-likeness (QED) is 0.299. The van der Waals surface area contributed by atoms with Crippen LogP contribution < -0.4 is 0 Å². The Bertz CT molecular complexity index is 1350. The molecule has 2 aromatic carbocycles. The zero-order valence-electron chi connectivity index (χ0n) is 19.7. The van der Waals surface area contributed by atoms with Gasteiger partial charge in [-0.05, 0) is 74.0 Å². The molecular formula is C28H28N4O3. The average molecular weight is 469 g/mol. The van der Waals surface area contributed by atoms with E-state index in [0.29, 0.717) is 27.7 Å². The van der Waals surface area contributed by atoms with Gasteiger partial charge in [0.2, 0.25) is 0 Å². The number of benzene rings is 2. The normalized spacial score (nSPS) is 14.8. The van der Waals surface area contributed by atoms with Crippen molar-refractivity contribution in [3.8, 4) is 5.88 Å². The number of hydrogen-bond donors (Lipinski definition) is 2. The van der Waals surface area contributed by atoms with E-state index in [1.165, 1.54) is 31.9 Å². The highest BCUT2D eigenvalue weighted by molar-refractivity contribution is 6.22. The summed E-state index contributed by atoms with van der Waals surface area (Å²) in [6.07, 6.45) is 7.27. The monoisotopic (exact) mass is 468 g/mol. The lowest BCUT2D eigenvalue weighted by molar-refractivity contribution is 0.0601. The number of carbonyl (C=O) groups excluding carboxylic acids is 1. The molecule has 0 atom stereocenters. The fourth-order valence-electron chi connectivity index (χ4n) is 4.61. The van der Waals surface area contributed by atoms with Gasteiger partial charge in [-0.3, -0.25) is 9.88 Å². The van der Waals surface area contributed by atoms with Crippen LogP contribution in [0, 0.1) is 0 Å². The fraction of sp³-hybridized carbons (Fsp3) is 0.250. The van der Waals surface area contributed by atoms with Gasteiger partial charge in [0.15, 0.2) is 5.88 Å². The van der Waals surface area contributed by atoms with E-state index < -0.39 is 5.97 Å². The minimum Gasteiger partial charge on any atom is -0.494 e. The smallest absolute Gasteiger partial charge is 0.337 e. The summed E-state index contributed by atoms with van der Waals surface area (Å²) in [6.45, 7) is 3.25. The van der Waals surface area contributed by atoms with Crippen LogP contribution in [0.5, 0.6) is 5.88 Å². The van der Waals surface area contributed by atoms with Gasteiger partial charge < -0.3 is 14.8 Å². The molecule has 2 aromatic heterocycles. The lowest BCUT2D eigenvalue weighted by atomic mass is 10.0. The molecule has 1 saturated heterocycles. The third-order valence-electron chi connectivity index (χ3n) is 6.40. The third kappa shape index (κ3) is 4.95. The van der Waals surface area contributed by atoms with Crippen LogP contribution in [0.4, 0.5) is 5.69 Å². The van der Waals surface area contributed by atoms with Crippen molar-refractivity contribution in [2.24, 2.45) is 4.99 Å². The Balaban J connectivity index is 1.56. The Morgan fingerprint density at radius 2 is 1.89 bits per heavy atom. The summed E-state index contributed by atoms with van der Waals surface area (Å²) in [5, 5.41) is 11.6. The standard InChI is InChI=1S/C28H28N4O3/c1-35-28(34)20-9-12-24-23(16-20)25(27(33)31-24)26(21-6-5-13-29-17-21)30-22-10-7-19(8-11-22)18-32-14-3-2-4-15-32/h5-13,16-17,31,33H,2-4,14-15,18H2,1H3. The molecule has 0 bridgehead atoms. The molecule has 0 amide bonds. The van der Waals surface area contributed by atoms with Gasteiger partial charge in [-0.25, -0.2) is 9.79 Å². The van der Waals surface area contributed by atoms with E-state index in [1.54, 1.807) is 30.6 Å². The van der Waals surface area contributed by atoms with Crippen LogP contribution >= 0.6 is 0 Å². The number of rotatable bonds is 6. The molecular weight excluding hydrogens is 440 g/mol. The summed E-state index contributed by atoms with van der Waals surface area (Å²) in [7, 11) is 1.35. The number of piperidine rings is 1. The summed E-state index contributed by atoms with van der Waals surface area (Å²) in [5.74, 6) is -0.464. The molecule has 4 aromatic rings. The van der Waals surface area contributed by atoms with Crippen molar-refractivity contribution in [1.82, 2.24) is 14.9 Å². The topological polar surface area (TPSA) is 90.8 Å². The maximum Gasteiger partial charge on any atom is 0.337 e. The number of hydrogen-bond acceptors (Lipinski definition) is 6. The number of methoxy groups -OCH3 is 1. The van der Waals surface area contributed by atoms with Crippen LogP contribution in [-0.4, -0.2) is 51.9 Å². The van der Waals surface area contributed by atoms with E-state index >= 15 is 0 Å². The van der Waals surface area contributed by atoms with Gasteiger partial charge in [-0.2, -0.15) is 0 Å². The van der Waals surface area contributed by atoms with Crippen molar-refractivity contribution in [3.63, 3.8) is 0 Å². The Kier molecular flexibility index (Phi) is 6.59. The Morgan fingerprint density at radius 1 is 1.09 bits per heavy atom. The second-order valence-corrected chi connectivity index (χ2v) is 8.81. The predicted molar refractivity (Wildman–Crippen MR) is 136 cm³/mol. The fourth-order valence-corrected chi connectivity index (χ4v) is 4.61. The number of aliphatic imine (C=N–C) groups is 1. The van der Waals surface area contributed by atoms with E-state index in [1.807, 2.05) is 24.3 Å². The second-order valence-electron chi connectivity index (χ2n) is 8.81. The maximum absolute atomic E-state index is 12.1. The molecule has 0 spiro atoms. The number of likely N-dealkylation sites (tertiary alicyclic amines) is 1. The second kappa shape index (κ2) is 10.1. The molecule has 0 unspecified atom stereocenters. The van der Waals surface area contributed by atoms with E-state index in [2.05, 4.69) is 27.0 Å². The molecule has 7 nitrogen and oxygen atoms in total. The molecule has 5 rings (SSSR count). The summed E-state index contributed by atoms with van der Waals surface area (Å²) in [6, 6.07) is 17.1. The van der Waals surface area contributed by atoms with E-state index in [-0.39, 0.29) is 5.88 Å². The predicted octanol–water partition coefficient (Wildman–Crippen LogP) is 5.21. The van der Waals surface area contributed by atoms with E-state index in [4.69, 9.17) is 9.73 Å². The van der Waals surface area contributed by atoms with Gasteiger partial charge in [0.1, 0.15) is 0 Å². The van der Waals surface area contributed by atoms with Crippen molar-refractivity contribution >= 4 is 28.3 Å². The number of aromatic nitrogens is 2. The Labute approximate surface area is 204 Å². The summed E-state index contributed by atoms with van der Waals surface area (Å²) < 4.78 is 4.88. The zero-order valence-corrected chi connectivity index (χ0v) is 19.7. The number of fused-ring (bicyclic) bond motifs is 1. The van der Waals surface area contributed by atoms with Crippen molar-refractivity contribution in [1.29, 1.82) is 0 Å². The first kappa shape index (κ1) is 22.8. The average Bonchev–Trinajstić information content (AvgIpc) is 3.23. The van der Waals surface area contributed by atoms with Crippen LogP contribution in [0.1, 0.15) is 46.3 Å². The van der Waals surface area contributed by atoms with Gasteiger partial charge in [-0.15, -0.1) is 0 Å². The molecule has 178 valence electrons. The minimum atomic E-state index is -0.442. The molecule has 1 fully saturated rings. The van der Waals surface area contributed by atoms with Crippen molar-refractivity contribution in [2.45, 2.75) is 25.8 Å². The number of nitrogens with zero attached hydrogens (tertiary/aromatic N) is 3. The number of carbonyl (C=O) groups is 1. The van der Waals surface area contributed by atoms with Crippen molar-refractivity contribution in [2.75, 3.05) is 20.2 Å². The van der Waals surface area contributed by atoms with Gasteiger partial charge in [-0.1, -0.05) is 18.6 Å². The van der Waals surface area contributed by atoms with Gasteiger partial charge in [0.05, 0.1) is 29.6 Å². The number of aromatic amines is 1.